The van der Waals surface area contributed by atoms with E-state index in [0.29, 0.717) is 29.1 Å². The lowest BCUT2D eigenvalue weighted by Crippen LogP contribution is -2.31. The highest BCUT2D eigenvalue weighted by atomic mass is 16.5. The average Bonchev–Trinajstić information content (AvgIpc) is 2.87. The summed E-state index contributed by atoms with van der Waals surface area (Å²) in [5.41, 5.74) is 0.824. The van der Waals surface area contributed by atoms with Crippen molar-refractivity contribution in [3.63, 3.8) is 0 Å². The number of hydrogen-bond acceptors (Lipinski definition) is 5. The molecule has 0 radical (unpaired) electrons. The Kier molecular flexibility index (Phi) is 4.74. The second-order valence-corrected chi connectivity index (χ2v) is 5.51. The third-order valence-corrected chi connectivity index (χ3v) is 3.91. The summed E-state index contributed by atoms with van der Waals surface area (Å²) >= 11 is 0. The number of carbonyl (C=O) groups is 3. The quantitative estimate of drug-likeness (QED) is 0.814. The van der Waals surface area contributed by atoms with Crippen LogP contribution >= 0.6 is 0 Å². The number of fused-ring (bicyclic) bond motifs is 1. The lowest BCUT2D eigenvalue weighted by Gasteiger charge is -2.13. The molecule has 3 amide bonds. The Labute approximate surface area is 144 Å². The van der Waals surface area contributed by atoms with Crippen LogP contribution in [0.4, 0.5) is 5.82 Å². The largest absolute Gasteiger partial charge is 0.493 e. The highest BCUT2D eigenvalue weighted by Gasteiger charge is 2.34. The molecule has 128 valence electrons. The molecule has 1 aromatic heterocycles. The zero-order valence-electron chi connectivity index (χ0n) is 13.7. The predicted octanol–water partition coefficient (Wildman–Crippen LogP) is 2.11. The molecule has 1 aliphatic rings. The minimum atomic E-state index is -0.313. The summed E-state index contributed by atoms with van der Waals surface area (Å²) in [4.78, 5) is 41.7. The van der Waals surface area contributed by atoms with Gasteiger partial charge in [-0.15, -0.1) is 0 Å². The molecule has 0 saturated heterocycles. The van der Waals surface area contributed by atoms with Crippen LogP contribution in [0, 0.1) is 0 Å². The van der Waals surface area contributed by atoms with Gasteiger partial charge in [0.1, 0.15) is 0 Å². The van der Waals surface area contributed by atoms with Crippen LogP contribution in [-0.2, 0) is 4.79 Å². The molecular formula is C18H17N3O4. The van der Waals surface area contributed by atoms with Crippen LogP contribution in [0.25, 0.3) is 0 Å². The Morgan fingerprint density at radius 1 is 1.12 bits per heavy atom. The van der Waals surface area contributed by atoms with Gasteiger partial charge in [-0.3, -0.25) is 19.3 Å². The molecule has 2 aromatic rings. The summed E-state index contributed by atoms with van der Waals surface area (Å²) < 4.78 is 5.12. The Morgan fingerprint density at radius 3 is 2.44 bits per heavy atom. The number of hydrogen-bond donors (Lipinski definition) is 1. The molecule has 0 unspecified atom stereocenters. The van der Waals surface area contributed by atoms with E-state index in [-0.39, 0.29) is 30.7 Å². The van der Waals surface area contributed by atoms with E-state index in [1.807, 2.05) is 0 Å². The Bertz CT molecular complexity index is 800. The van der Waals surface area contributed by atoms with Gasteiger partial charge in [0.2, 0.25) is 5.91 Å². The molecule has 0 fully saturated rings. The monoisotopic (exact) mass is 339 g/mol. The van der Waals surface area contributed by atoms with Gasteiger partial charge in [0.25, 0.3) is 11.8 Å². The van der Waals surface area contributed by atoms with Crippen LogP contribution in [-0.4, -0.2) is 41.3 Å². The van der Waals surface area contributed by atoms with Crippen LogP contribution in [0.3, 0.4) is 0 Å². The zero-order chi connectivity index (χ0) is 17.8. The number of pyridine rings is 1. The van der Waals surface area contributed by atoms with E-state index < -0.39 is 0 Å². The second kappa shape index (κ2) is 7.12. The lowest BCUT2D eigenvalue weighted by atomic mass is 10.1. The van der Waals surface area contributed by atoms with Gasteiger partial charge in [-0.25, -0.2) is 4.98 Å². The Morgan fingerprint density at radius 2 is 1.80 bits per heavy atom. The summed E-state index contributed by atoms with van der Waals surface area (Å²) in [6, 6.07) is 10.1. The number of nitrogens with zero attached hydrogens (tertiary/aromatic N) is 2. The fourth-order valence-electron chi connectivity index (χ4n) is 2.68. The molecule has 7 nitrogen and oxygen atoms in total. The first-order chi connectivity index (χ1) is 12.1. The molecule has 25 heavy (non-hydrogen) atoms. The number of nitrogens with one attached hydrogen (secondary N) is 1. The highest BCUT2D eigenvalue weighted by molar-refractivity contribution is 6.21. The van der Waals surface area contributed by atoms with Gasteiger partial charge in [-0.05, 0) is 30.7 Å². The van der Waals surface area contributed by atoms with E-state index in [2.05, 4.69) is 10.3 Å². The lowest BCUT2D eigenvalue weighted by molar-refractivity contribution is -0.116. The van der Waals surface area contributed by atoms with Gasteiger partial charge in [0, 0.05) is 19.2 Å². The first kappa shape index (κ1) is 16.6. The highest BCUT2D eigenvalue weighted by Crippen LogP contribution is 2.23. The number of rotatable bonds is 6. The van der Waals surface area contributed by atoms with Crippen molar-refractivity contribution in [2.45, 2.75) is 12.8 Å². The molecule has 0 spiro atoms. The summed E-state index contributed by atoms with van der Waals surface area (Å²) in [7, 11) is 1.49. The standard InChI is InChI=1S/C18H17N3O4/c1-25-14-8-4-10-19-16(14)20-15(22)9-5-11-21-17(23)12-6-2-3-7-13(12)18(21)24/h2-4,6-8,10H,5,9,11H2,1H3,(H,19,20,22). The van der Waals surface area contributed by atoms with Crippen LogP contribution in [0.2, 0.25) is 0 Å². The minimum Gasteiger partial charge on any atom is -0.493 e. The first-order valence-electron chi connectivity index (χ1n) is 7.86. The maximum absolute atomic E-state index is 12.2. The minimum absolute atomic E-state index is 0.160. The number of anilines is 1. The number of aromatic nitrogens is 1. The first-order valence-corrected chi connectivity index (χ1v) is 7.86. The number of carbonyl (C=O) groups excluding carboxylic acids is 3. The van der Waals surface area contributed by atoms with Gasteiger partial charge >= 0.3 is 0 Å². The van der Waals surface area contributed by atoms with E-state index >= 15 is 0 Å². The molecule has 0 aliphatic carbocycles. The SMILES string of the molecule is COc1cccnc1NC(=O)CCCN1C(=O)c2ccccc2C1=O. The summed E-state index contributed by atoms with van der Waals surface area (Å²) in [5, 5.41) is 2.66. The number of ether oxygens (including phenoxy) is 1. The maximum Gasteiger partial charge on any atom is 0.261 e. The van der Waals surface area contributed by atoms with E-state index in [1.54, 1.807) is 42.6 Å². The van der Waals surface area contributed by atoms with E-state index in [1.165, 1.54) is 12.0 Å². The smallest absolute Gasteiger partial charge is 0.261 e. The molecule has 0 saturated carbocycles. The molecule has 1 N–H and O–H groups in total. The van der Waals surface area contributed by atoms with E-state index in [9.17, 15) is 14.4 Å². The summed E-state index contributed by atoms with van der Waals surface area (Å²) in [5.74, 6) is -0.0691. The molecule has 7 heteroatoms. The molecule has 0 atom stereocenters. The maximum atomic E-state index is 12.2. The summed E-state index contributed by atoms with van der Waals surface area (Å²) in [6.07, 6.45) is 2.08. The van der Waals surface area contributed by atoms with Crippen molar-refractivity contribution >= 4 is 23.5 Å². The van der Waals surface area contributed by atoms with Crippen molar-refractivity contribution in [3.8, 4) is 5.75 Å². The fraction of sp³-hybridized carbons (Fsp3) is 0.222. The molecule has 3 rings (SSSR count). The fourth-order valence-corrected chi connectivity index (χ4v) is 2.68. The van der Waals surface area contributed by atoms with E-state index in [4.69, 9.17) is 4.74 Å². The molecule has 0 bridgehead atoms. The number of imide groups is 1. The normalized spacial score (nSPS) is 12.9. The van der Waals surface area contributed by atoms with Crippen molar-refractivity contribution in [2.24, 2.45) is 0 Å². The Hall–Kier alpha value is -3.22. The molecule has 2 heterocycles. The number of methoxy groups -OCH3 is 1. The number of benzene rings is 1. The van der Waals surface area contributed by atoms with Crippen molar-refractivity contribution in [3.05, 3.63) is 53.7 Å². The van der Waals surface area contributed by atoms with E-state index in [0.717, 1.165) is 0 Å². The van der Waals surface area contributed by atoms with Crippen molar-refractivity contribution in [1.29, 1.82) is 0 Å². The van der Waals surface area contributed by atoms with Crippen molar-refractivity contribution in [1.82, 2.24) is 9.88 Å². The van der Waals surface area contributed by atoms with Gasteiger partial charge in [-0.2, -0.15) is 0 Å². The van der Waals surface area contributed by atoms with Gasteiger partial charge in [-0.1, -0.05) is 12.1 Å². The van der Waals surface area contributed by atoms with Crippen molar-refractivity contribution in [2.75, 3.05) is 19.0 Å². The van der Waals surface area contributed by atoms with Crippen LogP contribution in [0.15, 0.2) is 42.6 Å². The van der Waals surface area contributed by atoms with Crippen LogP contribution in [0.1, 0.15) is 33.6 Å². The van der Waals surface area contributed by atoms with Crippen molar-refractivity contribution < 1.29 is 19.1 Å². The number of amides is 3. The van der Waals surface area contributed by atoms with Crippen LogP contribution < -0.4 is 10.1 Å². The predicted molar refractivity (Wildman–Crippen MR) is 90.5 cm³/mol. The van der Waals surface area contributed by atoms with Gasteiger partial charge < -0.3 is 10.1 Å². The third kappa shape index (κ3) is 3.35. The molecule has 1 aromatic carbocycles. The average molecular weight is 339 g/mol. The Balaban J connectivity index is 1.54. The van der Waals surface area contributed by atoms with Gasteiger partial charge in [0.15, 0.2) is 11.6 Å². The molecular weight excluding hydrogens is 322 g/mol. The van der Waals surface area contributed by atoms with Crippen LogP contribution in [0.5, 0.6) is 5.75 Å². The second-order valence-electron chi connectivity index (χ2n) is 5.51. The third-order valence-electron chi connectivity index (χ3n) is 3.91. The van der Waals surface area contributed by atoms with Gasteiger partial charge in [0.05, 0.1) is 18.2 Å². The summed E-state index contributed by atoms with van der Waals surface area (Å²) in [6.45, 7) is 0.194. The zero-order valence-corrected chi connectivity index (χ0v) is 13.7. The topological polar surface area (TPSA) is 88.6 Å². The molecule has 1 aliphatic heterocycles.